The normalized spacial score (nSPS) is 24.6. The van der Waals surface area contributed by atoms with E-state index in [1.807, 2.05) is 0 Å². The smallest absolute Gasteiger partial charge is 0.243 e. The van der Waals surface area contributed by atoms with E-state index in [2.05, 4.69) is 10.2 Å². The lowest BCUT2D eigenvalue weighted by atomic mass is 9.88. The zero-order valence-corrected chi connectivity index (χ0v) is 16.6. The fraction of sp³-hybridized carbons (Fsp3) is 0.350. The maximum atomic E-state index is 12.9. The second-order valence-corrected chi connectivity index (χ2v) is 10.3. The Hall–Kier alpha value is -1.93. The van der Waals surface area contributed by atoms with E-state index in [9.17, 15) is 13.5 Å². The van der Waals surface area contributed by atoms with E-state index in [0.29, 0.717) is 35.8 Å². The lowest BCUT2D eigenvalue weighted by Crippen LogP contribution is -2.32. The van der Waals surface area contributed by atoms with Gasteiger partial charge in [0.2, 0.25) is 10.0 Å². The number of benzene rings is 2. The van der Waals surface area contributed by atoms with Gasteiger partial charge in [-0.1, -0.05) is 29.8 Å². The van der Waals surface area contributed by atoms with Crippen molar-refractivity contribution in [3.05, 3.63) is 59.2 Å². The summed E-state index contributed by atoms with van der Waals surface area (Å²) in [6.07, 6.45) is 2.73. The van der Waals surface area contributed by atoms with E-state index in [-0.39, 0.29) is 11.8 Å². The molecule has 0 spiro atoms. The van der Waals surface area contributed by atoms with E-state index in [1.165, 1.54) is 0 Å². The van der Waals surface area contributed by atoms with Gasteiger partial charge in [-0.3, -0.25) is 5.10 Å². The van der Waals surface area contributed by atoms with Gasteiger partial charge in [-0.15, -0.1) is 0 Å². The highest BCUT2D eigenvalue weighted by Gasteiger charge is 2.51. The molecule has 2 aliphatic rings. The predicted octanol–water partition coefficient (Wildman–Crippen LogP) is 3.13. The van der Waals surface area contributed by atoms with Crippen LogP contribution >= 0.6 is 11.6 Å². The molecule has 1 saturated carbocycles. The van der Waals surface area contributed by atoms with Crippen molar-refractivity contribution in [2.24, 2.45) is 11.8 Å². The van der Waals surface area contributed by atoms with Gasteiger partial charge in [0.1, 0.15) is 0 Å². The van der Waals surface area contributed by atoms with Crippen molar-refractivity contribution in [1.29, 1.82) is 0 Å². The number of H-pyrrole nitrogens is 1. The summed E-state index contributed by atoms with van der Waals surface area (Å²) in [5.74, 6) is 0.230. The summed E-state index contributed by atoms with van der Waals surface area (Å²) in [5.41, 5.74) is 0.544. The minimum atomic E-state index is -3.50. The summed E-state index contributed by atoms with van der Waals surface area (Å²) in [6.45, 7) is 0.860. The molecular weight excluding hydrogens is 398 g/mol. The zero-order valence-electron chi connectivity index (χ0n) is 15.0. The van der Waals surface area contributed by atoms with Crippen LogP contribution in [0.25, 0.3) is 10.9 Å². The lowest BCUT2D eigenvalue weighted by Gasteiger charge is -2.27. The number of sulfonamides is 1. The van der Waals surface area contributed by atoms with Gasteiger partial charge in [-0.05, 0) is 54.5 Å². The molecular formula is C20H20ClN3O3S. The number of fused-ring (bicyclic) bond motifs is 2. The summed E-state index contributed by atoms with van der Waals surface area (Å²) in [4.78, 5) is 0.320. The Morgan fingerprint density at radius 2 is 1.82 bits per heavy atom. The molecule has 146 valence electrons. The van der Waals surface area contributed by atoms with Crippen molar-refractivity contribution < 1.29 is 13.5 Å². The summed E-state index contributed by atoms with van der Waals surface area (Å²) < 4.78 is 27.4. The minimum absolute atomic E-state index is 0.115. The fourth-order valence-corrected chi connectivity index (χ4v) is 6.66. The fourth-order valence-electron chi connectivity index (χ4n) is 4.87. The van der Waals surface area contributed by atoms with Crippen molar-refractivity contribution in [3.63, 3.8) is 0 Å². The molecule has 1 saturated heterocycles. The van der Waals surface area contributed by atoms with Gasteiger partial charge >= 0.3 is 0 Å². The van der Waals surface area contributed by atoms with E-state index in [1.54, 1.807) is 53.0 Å². The Labute approximate surface area is 168 Å². The molecule has 6 nitrogen and oxygen atoms in total. The van der Waals surface area contributed by atoms with Crippen molar-refractivity contribution >= 4 is 32.5 Å². The first kappa shape index (κ1) is 18.1. The molecule has 2 atom stereocenters. The molecule has 2 fully saturated rings. The van der Waals surface area contributed by atoms with Crippen molar-refractivity contribution in [2.75, 3.05) is 13.1 Å². The molecule has 0 unspecified atom stereocenters. The van der Waals surface area contributed by atoms with E-state index < -0.39 is 15.6 Å². The Bertz CT molecular complexity index is 1130. The highest BCUT2D eigenvalue weighted by atomic mass is 35.5. The topological polar surface area (TPSA) is 86.3 Å². The van der Waals surface area contributed by atoms with Gasteiger partial charge in [0, 0.05) is 23.5 Å². The van der Waals surface area contributed by atoms with Crippen LogP contribution in [-0.4, -0.2) is 41.1 Å². The number of nitrogens with one attached hydrogen (secondary N) is 1. The highest BCUT2D eigenvalue weighted by molar-refractivity contribution is 7.89. The third kappa shape index (κ3) is 2.76. The number of nitrogens with zero attached hydrogens (tertiary/aromatic N) is 2. The van der Waals surface area contributed by atoms with E-state index >= 15 is 0 Å². The number of aliphatic hydroxyl groups is 1. The third-order valence-electron chi connectivity index (χ3n) is 6.15. The van der Waals surface area contributed by atoms with Crippen LogP contribution in [0.1, 0.15) is 18.4 Å². The predicted molar refractivity (Wildman–Crippen MR) is 106 cm³/mol. The van der Waals surface area contributed by atoms with Gasteiger partial charge in [-0.25, -0.2) is 8.42 Å². The van der Waals surface area contributed by atoms with Crippen LogP contribution in [0.4, 0.5) is 0 Å². The van der Waals surface area contributed by atoms with Crippen LogP contribution < -0.4 is 0 Å². The number of rotatable bonds is 3. The molecule has 28 heavy (non-hydrogen) atoms. The molecule has 1 aromatic heterocycles. The Morgan fingerprint density at radius 1 is 1.14 bits per heavy atom. The summed E-state index contributed by atoms with van der Waals surface area (Å²) in [7, 11) is -3.50. The highest BCUT2D eigenvalue weighted by Crippen LogP contribution is 2.51. The maximum absolute atomic E-state index is 12.9. The molecule has 5 rings (SSSR count). The second kappa shape index (κ2) is 6.29. The van der Waals surface area contributed by atoms with Crippen LogP contribution in [0.5, 0.6) is 0 Å². The standard InChI is InChI=1S/C20H20ClN3O3S/c21-15-6-18(17-10-22-23-19(17)7-15)20(25)8-13-11-24(12-14(13)9-20)28(26,27)16-4-2-1-3-5-16/h1-7,10,13-14,25H,8-9,11-12H2,(H,22,23)/t13-,14-/m0/s1. The molecule has 3 aromatic rings. The Balaban J connectivity index is 1.42. The minimum Gasteiger partial charge on any atom is -0.385 e. The second-order valence-electron chi connectivity index (χ2n) is 7.88. The van der Waals surface area contributed by atoms with Crippen LogP contribution in [0.3, 0.4) is 0 Å². The first-order valence-corrected chi connectivity index (χ1v) is 11.1. The molecule has 0 radical (unpaired) electrons. The van der Waals surface area contributed by atoms with E-state index in [0.717, 1.165) is 16.5 Å². The Morgan fingerprint density at radius 3 is 2.50 bits per heavy atom. The van der Waals surface area contributed by atoms with E-state index in [4.69, 9.17) is 11.6 Å². The molecule has 2 heterocycles. The molecule has 1 aliphatic heterocycles. The lowest BCUT2D eigenvalue weighted by molar-refractivity contribution is 0.0353. The summed E-state index contributed by atoms with van der Waals surface area (Å²) in [5, 5.41) is 19.8. The molecule has 0 bridgehead atoms. The first-order chi connectivity index (χ1) is 13.4. The number of halogens is 1. The zero-order chi connectivity index (χ0) is 19.5. The average Bonchev–Trinajstić information content (AvgIpc) is 3.35. The van der Waals surface area contributed by atoms with Gasteiger partial charge in [-0.2, -0.15) is 9.40 Å². The van der Waals surface area contributed by atoms with Crippen molar-refractivity contribution in [2.45, 2.75) is 23.3 Å². The van der Waals surface area contributed by atoms with Crippen LogP contribution in [-0.2, 0) is 15.6 Å². The van der Waals surface area contributed by atoms with Gasteiger partial charge in [0.25, 0.3) is 0 Å². The largest absolute Gasteiger partial charge is 0.385 e. The number of aromatic amines is 1. The van der Waals surface area contributed by atoms with Crippen LogP contribution in [0, 0.1) is 11.8 Å². The Kier molecular flexibility index (Phi) is 4.07. The molecule has 2 N–H and O–H groups in total. The van der Waals surface area contributed by atoms with Crippen LogP contribution in [0.2, 0.25) is 5.02 Å². The molecule has 0 amide bonds. The van der Waals surface area contributed by atoms with Crippen molar-refractivity contribution in [1.82, 2.24) is 14.5 Å². The average molecular weight is 418 g/mol. The molecule has 8 heteroatoms. The quantitative estimate of drug-likeness (QED) is 0.685. The van der Waals surface area contributed by atoms with Crippen molar-refractivity contribution in [3.8, 4) is 0 Å². The van der Waals surface area contributed by atoms with Crippen LogP contribution in [0.15, 0.2) is 53.6 Å². The number of hydrogen-bond donors (Lipinski definition) is 2. The van der Waals surface area contributed by atoms with Gasteiger partial charge in [0.05, 0.1) is 22.2 Å². The maximum Gasteiger partial charge on any atom is 0.243 e. The summed E-state index contributed by atoms with van der Waals surface area (Å²) in [6, 6.07) is 12.1. The molecule has 1 aliphatic carbocycles. The molecule has 2 aromatic carbocycles. The number of hydrogen-bond acceptors (Lipinski definition) is 4. The summed E-state index contributed by atoms with van der Waals surface area (Å²) >= 11 is 6.25. The third-order valence-corrected chi connectivity index (χ3v) is 8.21. The monoisotopic (exact) mass is 417 g/mol. The van der Waals surface area contributed by atoms with Gasteiger partial charge in [0.15, 0.2) is 0 Å². The number of aromatic nitrogens is 2. The first-order valence-electron chi connectivity index (χ1n) is 9.27. The SMILES string of the molecule is O=S(=O)(c1ccccc1)N1C[C@@H]2CC(O)(c3cc(Cl)cc4[nH]ncc34)C[C@H]2C1. The van der Waals surface area contributed by atoms with Gasteiger partial charge < -0.3 is 5.11 Å².